The first-order valence-electron chi connectivity index (χ1n) is 9.10. The lowest BCUT2D eigenvalue weighted by atomic mass is 10.2. The standard InChI is InChI=1S/C20H21BrN4O4S/c1-15(20(26)29-2)25(30(27,28)19-11-7-6-10-18(19)21)14-17-13-24(23-22-17)12-16-8-4-3-5-9-16/h3-11,13,15H,12,14H2,1-2H3/t15-/m0/s1. The van der Waals surface area contributed by atoms with Crippen LogP contribution in [0.1, 0.15) is 18.2 Å². The van der Waals surface area contributed by atoms with Gasteiger partial charge in [-0.3, -0.25) is 4.79 Å². The van der Waals surface area contributed by atoms with Crippen LogP contribution >= 0.6 is 15.9 Å². The van der Waals surface area contributed by atoms with Crippen LogP contribution < -0.4 is 0 Å². The van der Waals surface area contributed by atoms with Gasteiger partial charge in [0.15, 0.2) is 0 Å². The normalized spacial score (nSPS) is 12.7. The molecule has 0 amide bonds. The van der Waals surface area contributed by atoms with E-state index in [2.05, 4.69) is 26.2 Å². The second-order valence-electron chi connectivity index (χ2n) is 6.57. The molecule has 0 saturated heterocycles. The van der Waals surface area contributed by atoms with E-state index in [0.717, 1.165) is 9.87 Å². The zero-order valence-corrected chi connectivity index (χ0v) is 18.9. The molecule has 0 unspecified atom stereocenters. The lowest BCUT2D eigenvalue weighted by Crippen LogP contribution is -2.43. The van der Waals surface area contributed by atoms with Gasteiger partial charge in [-0.25, -0.2) is 13.1 Å². The average molecular weight is 493 g/mol. The zero-order valence-electron chi connectivity index (χ0n) is 16.5. The van der Waals surface area contributed by atoms with Crippen LogP contribution in [0.5, 0.6) is 0 Å². The largest absolute Gasteiger partial charge is 0.468 e. The number of benzene rings is 2. The minimum absolute atomic E-state index is 0.0532. The molecule has 10 heteroatoms. The molecule has 0 N–H and O–H groups in total. The molecule has 3 aromatic rings. The molecule has 0 spiro atoms. The number of hydrogen-bond donors (Lipinski definition) is 0. The summed E-state index contributed by atoms with van der Waals surface area (Å²) in [4.78, 5) is 12.2. The van der Waals surface area contributed by atoms with Crippen LogP contribution in [-0.2, 0) is 32.6 Å². The number of carbonyl (C=O) groups is 1. The van der Waals surface area contributed by atoms with Gasteiger partial charge in [0.2, 0.25) is 10.0 Å². The van der Waals surface area contributed by atoms with Gasteiger partial charge in [0.05, 0.1) is 37.0 Å². The Balaban J connectivity index is 1.91. The predicted octanol–water partition coefficient (Wildman–Crippen LogP) is 2.84. The molecule has 1 atom stereocenters. The number of halogens is 1. The summed E-state index contributed by atoms with van der Waals surface area (Å²) in [6.07, 6.45) is 1.67. The Hall–Kier alpha value is -2.56. The minimum Gasteiger partial charge on any atom is -0.468 e. The van der Waals surface area contributed by atoms with Crippen molar-refractivity contribution in [1.29, 1.82) is 0 Å². The van der Waals surface area contributed by atoms with Crippen LogP contribution in [0.3, 0.4) is 0 Å². The maximum absolute atomic E-state index is 13.4. The lowest BCUT2D eigenvalue weighted by molar-refractivity contribution is -0.144. The van der Waals surface area contributed by atoms with Crippen molar-refractivity contribution in [3.05, 3.63) is 76.5 Å². The van der Waals surface area contributed by atoms with Crippen molar-refractivity contribution in [3.8, 4) is 0 Å². The molecule has 0 aliphatic rings. The number of ether oxygens (including phenoxy) is 1. The van der Waals surface area contributed by atoms with E-state index in [1.165, 1.54) is 20.1 Å². The molecule has 1 heterocycles. The van der Waals surface area contributed by atoms with E-state index in [0.29, 0.717) is 16.7 Å². The monoisotopic (exact) mass is 492 g/mol. The third-order valence-corrected chi connectivity index (χ3v) is 7.42. The van der Waals surface area contributed by atoms with Crippen molar-refractivity contribution in [2.24, 2.45) is 0 Å². The molecular weight excluding hydrogens is 472 g/mol. The summed E-state index contributed by atoms with van der Waals surface area (Å²) in [5.41, 5.74) is 1.45. The first-order chi connectivity index (χ1) is 14.3. The molecule has 30 heavy (non-hydrogen) atoms. The number of rotatable bonds is 8. The fourth-order valence-electron chi connectivity index (χ4n) is 2.92. The topological polar surface area (TPSA) is 94.4 Å². The molecule has 0 aliphatic heterocycles. The molecule has 158 valence electrons. The Bertz CT molecular complexity index is 1120. The third kappa shape index (κ3) is 4.94. The highest BCUT2D eigenvalue weighted by molar-refractivity contribution is 9.10. The molecule has 0 saturated carbocycles. The average Bonchev–Trinajstić information content (AvgIpc) is 3.18. The number of hydrogen-bond acceptors (Lipinski definition) is 6. The number of carbonyl (C=O) groups excluding carboxylic acids is 1. The van der Waals surface area contributed by atoms with Gasteiger partial charge in [0, 0.05) is 4.47 Å². The van der Waals surface area contributed by atoms with E-state index in [1.807, 2.05) is 30.3 Å². The molecule has 0 bridgehead atoms. The Labute approximate surface area is 183 Å². The van der Waals surface area contributed by atoms with Gasteiger partial charge in [-0.2, -0.15) is 4.31 Å². The first-order valence-corrected chi connectivity index (χ1v) is 11.3. The summed E-state index contributed by atoms with van der Waals surface area (Å²) in [5, 5.41) is 8.17. The van der Waals surface area contributed by atoms with Crippen LogP contribution in [0, 0.1) is 0 Å². The van der Waals surface area contributed by atoms with Crippen molar-refractivity contribution in [3.63, 3.8) is 0 Å². The maximum atomic E-state index is 13.4. The SMILES string of the molecule is COC(=O)[C@H](C)N(Cc1cn(Cc2ccccc2)nn1)S(=O)(=O)c1ccccc1Br. The van der Waals surface area contributed by atoms with Crippen molar-refractivity contribution in [2.75, 3.05) is 7.11 Å². The highest BCUT2D eigenvalue weighted by Crippen LogP contribution is 2.27. The van der Waals surface area contributed by atoms with Gasteiger partial charge in [-0.1, -0.05) is 47.7 Å². The van der Waals surface area contributed by atoms with Gasteiger partial charge in [0.1, 0.15) is 6.04 Å². The Morgan fingerprint density at radius 2 is 1.83 bits per heavy atom. The molecule has 0 radical (unpaired) electrons. The van der Waals surface area contributed by atoms with Crippen molar-refractivity contribution in [1.82, 2.24) is 19.3 Å². The van der Waals surface area contributed by atoms with Crippen molar-refractivity contribution in [2.45, 2.75) is 31.0 Å². The molecule has 0 fully saturated rings. The van der Waals surface area contributed by atoms with E-state index in [4.69, 9.17) is 4.74 Å². The summed E-state index contributed by atoms with van der Waals surface area (Å²) in [6, 6.07) is 15.1. The van der Waals surface area contributed by atoms with Crippen LogP contribution in [-0.4, -0.2) is 46.8 Å². The van der Waals surface area contributed by atoms with Crippen LogP contribution in [0.2, 0.25) is 0 Å². The van der Waals surface area contributed by atoms with Gasteiger partial charge < -0.3 is 4.74 Å². The second-order valence-corrected chi connectivity index (χ2v) is 9.29. The van der Waals surface area contributed by atoms with Crippen LogP contribution in [0.15, 0.2) is 70.2 Å². The number of methoxy groups -OCH3 is 1. The molecule has 8 nitrogen and oxygen atoms in total. The number of aromatic nitrogens is 3. The summed E-state index contributed by atoms with van der Waals surface area (Å²) >= 11 is 3.28. The summed E-state index contributed by atoms with van der Waals surface area (Å²) in [7, 11) is -2.80. The van der Waals surface area contributed by atoms with E-state index < -0.39 is 22.0 Å². The number of esters is 1. The lowest BCUT2D eigenvalue weighted by Gasteiger charge is -2.26. The summed E-state index contributed by atoms with van der Waals surface area (Å²) in [6.45, 7) is 1.85. The zero-order chi connectivity index (χ0) is 21.7. The fourth-order valence-corrected chi connectivity index (χ4v) is 5.44. The highest BCUT2D eigenvalue weighted by Gasteiger charge is 2.35. The smallest absolute Gasteiger partial charge is 0.323 e. The van der Waals surface area contributed by atoms with Crippen LogP contribution in [0.25, 0.3) is 0 Å². The van der Waals surface area contributed by atoms with Crippen molar-refractivity contribution < 1.29 is 17.9 Å². The quantitative estimate of drug-likeness (QED) is 0.448. The maximum Gasteiger partial charge on any atom is 0.323 e. The summed E-state index contributed by atoms with van der Waals surface area (Å²) in [5.74, 6) is -0.665. The van der Waals surface area contributed by atoms with Gasteiger partial charge >= 0.3 is 5.97 Å². The van der Waals surface area contributed by atoms with E-state index in [1.54, 1.807) is 29.1 Å². The Morgan fingerprint density at radius 3 is 2.50 bits per heavy atom. The molecular formula is C20H21BrN4O4S. The third-order valence-electron chi connectivity index (χ3n) is 4.49. The van der Waals surface area contributed by atoms with Gasteiger partial charge in [-0.05, 0) is 40.5 Å². The molecule has 0 aliphatic carbocycles. The van der Waals surface area contributed by atoms with Gasteiger partial charge in [0.25, 0.3) is 0 Å². The molecule has 1 aromatic heterocycles. The first kappa shape index (κ1) is 22.1. The van der Waals surface area contributed by atoms with E-state index in [-0.39, 0.29) is 11.4 Å². The highest BCUT2D eigenvalue weighted by atomic mass is 79.9. The molecule has 2 aromatic carbocycles. The second kappa shape index (κ2) is 9.50. The number of nitrogens with zero attached hydrogens (tertiary/aromatic N) is 4. The fraction of sp³-hybridized carbons (Fsp3) is 0.250. The van der Waals surface area contributed by atoms with Crippen LogP contribution in [0.4, 0.5) is 0 Å². The van der Waals surface area contributed by atoms with Crippen molar-refractivity contribution >= 4 is 31.9 Å². The van der Waals surface area contributed by atoms with E-state index in [9.17, 15) is 13.2 Å². The Kier molecular flexibility index (Phi) is 7.01. The minimum atomic E-state index is -4.03. The predicted molar refractivity (Wildman–Crippen MR) is 114 cm³/mol. The van der Waals surface area contributed by atoms with Gasteiger partial charge in [-0.15, -0.1) is 5.10 Å². The van der Waals surface area contributed by atoms with E-state index >= 15 is 0 Å². The Morgan fingerprint density at radius 1 is 1.17 bits per heavy atom. The molecule has 3 rings (SSSR count). The summed E-state index contributed by atoms with van der Waals surface area (Å²) < 4.78 is 34.6. The number of sulfonamides is 1.